The summed E-state index contributed by atoms with van der Waals surface area (Å²) in [6.45, 7) is 6.37. The molecule has 168 valence electrons. The summed E-state index contributed by atoms with van der Waals surface area (Å²) < 4.78 is 7.07. The molecule has 0 aliphatic heterocycles. The van der Waals surface area contributed by atoms with Crippen LogP contribution in [0.2, 0.25) is 0 Å². The van der Waals surface area contributed by atoms with Gasteiger partial charge in [0.15, 0.2) is 0 Å². The number of ether oxygens (including phenoxy) is 1. The number of carbonyl (C=O) groups is 2. The fourth-order valence-corrected chi connectivity index (χ4v) is 3.41. The van der Waals surface area contributed by atoms with Crippen LogP contribution >= 0.6 is 0 Å². The second-order valence-corrected chi connectivity index (χ2v) is 7.95. The van der Waals surface area contributed by atoms with Crippen LogP contribution in [-0.2, 0) is 9.59 Å². The highest BCUT2D eigenvalue weighted by atomic mass is 16.5. The van der Waals surface area contributed by atoms with E-state index in [4.69, 9.17) is 4.74 Å². The number of para-hydroxylation sites is 1. The number of aromatic nitrogens is 2. The molecular weight excluding hydrogens is 404 g/mol. The maximum absolute atomic E-state index is 12.9. The van der Waals surface area contributed by atoms with Gasteiger partial charge in [0, 0.05) is 30.4 Å². The number of hydrogen-bond donors (Lipinski definition) is 1. The lowest BCUT2D eigenvalue weighted by molar-refractivity contribution is -0.134. The molecule has 7 heteroatoms. The minimum Gasteiger partial charge on any atom is -0.497 e. The fourth-order valence-electron chi connectivity index (χ4n) is 3.41. The lowest BCUT2D eigenvalue weighted by atomic mass is 10.1. The zero-order chi connectivity index (χ0) is 23.1. The van der Waals surface area contributed by atoms with E-state index in [9.17, 15) is 9.59 Å². The Kier molecular flexibility index (Phi) is 7.65. The summed E-state index contributed by atoms with van der Waals surface area (Å²) in [5.74, 6) is 1.11. The predicted octanol–water partition coefficient (Wildman–Crippen LogP) is 4.38. The Labute approximate surface area is 189 Å². The van der Waals surface area contributed by atoms with Gasteiger partial charge in [-0.2, -0.15) is 0 Å². The quantitative estimate of drug-likeness (QED) is 0.542. The first-order valence-electron chi connectivity index (χ1n) is 10.8. The van der Waals surface area contributed by atoms with Crippen LogP contribution in [0.15, 0.2) is 60.8 Å². The fraction of sp³-hybridized carbons (Fsp3) is 0.320. The number of benzene rings is 2. The van der Waals surface area contributed by atoms with Crippen LogP contribution < -0.4 is 10.1 Å². The van der Waals surface area contributed by atoms with Crippen molar-refractivity contribution in [1.29, 1.82) is 0 Å². The van der Waals surface area contributed by atoms with Crippen LogP contribution in [0.5, 0.6) is 5.75 Å². The molecule has 32 heavy (non-hydrogen) atoms. The van der Waals surface area contributed by atoms with Crippen molar-refractivity contribution < 1.29 is 14.3 Å². The highest BCUT2D eigenvalue weighted by Crippen LogP contribution is 2.26. The van der Waals surface area contributed by atoms with Gasteiger partial charge in [-0.25, -0.2) is 4.98 Å². The Morgan fingerprint density at radius 1 is 1.09 bits per heavy atom. The van der Waals surface area contributed by atoms with Crippen molar-refractivity contribution in [2.75, 3.05) is 25.5 Å². The van der Waals surface area contributed by atoms with Crippen molar-refractivity contribution in [3.8, 4) is 22.7 Å². The summed E-state index contributed by atoms with van der Waals surface area (Å²) in [5.41, 5.74) is 2.49. The molecular formula is C25H30N4O3. The summed E-state index contributed by atoms with van der Waals surface area (Å²) in [6.07, 6.45) is 2.25. The van der Waals surface area contributed by atoms with E-state index in [0.717, 1.165) is 22.7 Å². The number of nitrogens with zero attached hydrogens (tertiary/aromatic N) is 3. The van der Waals surface area contributed by atoms with E-state index in [1.165, 1.54) is 0 Å². The topological polar surface area (TPSA) is 76.5 Å². The number of methoxy groups -OCH3 is 1. The van der Waals surface area contributed by atoms with Crippen LogP contribution in [-0.4, -0.2) is 46.5 Å². The van der Waals surface area contributed by atoms with E-state index < -0.39 is 0 Å². The highest BCUT2D eigenvalue weighted by Gasteiger charge is 2.19. The molecule has 0 saturated carbocycles. The summed E-state index contributed by atoms with van der Waals surface area (Å²) in [6, 6.07) is 17.3. The van der Waals surface area contributed by atoms with E-state index >= 15 is 0 Å². The van der Waals surface area contributed by atoms with Gasteiger partial charge in [0.25, 0.3) is 0 Å². The molecule has 2 aromatic carbocycles. The Hall–Kier alpha value is -3.61. The van der Waals surface area contributed by atoms with E-state index in [0.29, 0.717) is 18.9 Å². The third-order valence-electron chi connectivity index (χ3n) is 4.95. The average Bonchev–Trinajstić information content (AvgIpc) is 3.22. The third-order valence-corrected chi connectivity index (χ3v) is 4.95. The second kappa shape index (κ2) is 10.6. The van der Waals surface area contributed by atoms with Gasteiger partial charge in [-0.05, 0) is 42.3 Å². The number of rotatable bonds is 9. The Morgan fingerprint density at radius 2 is 1.78 bits per heavy atom. The number of nitrogens with one attached hydrogen (secondary N) is 1. The zero-order valence-corrected chi connectivity index (χ0v) is 19.0. The molecule has 3 rings (SSSR count). The summed E-state index contributed by atoms with van der Waals surface area (Å²) >= 11 is 0. The van der Waals surface area contributed by atoms with Crippen molar-refractivity contribution in [2.24, 2.45) is 5.92 Å². The van der Waals surface area contributed by atoms with Gasteiger partial charge < -0.3 is 9.64 Å². The Morgan fingerprint density at radius 3 is 2.38 bits per heavy atom. The molecule has 0 unspecified atom stereocenters. The van der Waals surface area contributed by atoms with Gasteiger partial charge in [0.1, 0.15) is 5.75 Å². The molecule has 0 bridgehead atoms. The standard InChI is InChI=1S/C25H30N4O3/c1-5-24(31)28(15-18(2)3)17-23(30)27-25-26-22(19-11-13-21(32-4)14-12-19)16-29(25)20-9-7-6-8-10-20/h6-14,16,18H,5,15,17H2,1-4H3,(H,26,27,30). The predicted molar refractivity (Wildman–Crippen MR) is 126 cm³/mol. The Balaban J connectivity index is 1.89. The van der Waals surface area contributed by atoms with Gasteiger partial charge in [-0.1, -0.05) is 39.0 Å². The molecule has 0 aliphatic rings. The van der Waals surface area contributed by atoms with Crippen molar-refractivity contribution >= 4 is 17.8 Å². The summed E-state index contributed by atoms with van der Waals surface area (Å²) in [5, 5.41) is 2.90. The van der Waals surface area contributed by atoms with E-state index in [2.05, 4.69) is 10.3 Å². The SMILES string of the molecule is CCC(=O)N(CC(=O)Nc1nc(-c2ccc(OC)cc2)cn1-c1ccccc1)CC(C)C. The van der Waals surface area contributed by atoms with Gasteiger partial charge >= 0.3 is 0 Å². The first-order valence-corrected chi connectivity index (χ1v) is 10.8. The molecule has 0 fully saturated rings. The maximum Gasteiger partial charge on any atom is 0.246 e. The minimum absolute atomic E-state index is 0.00955. The highest BCUT2D eigenvalue weighted by molar-refractivity contribution is 5.93. The molecule has 1 N–H and O–H groups in total. The molecule has 0 saturated heterocycles. The molecule has 1 heterocycles. The lowest BCUT2D eigenvalue weighted by Crippen LogP contribution is -2.40. The lowest BCUT2D eigenvalue weighted by Gasteiger charge is -2.23. The van der Waals surface area contributed by atoms with Crippen LogP contribution in [0, 0.1) is 5.92 Å². The van der Waals surface area contributed by atoms with Crippen LogP contribution in [0.25, 0.3) is 16.9 Å². The molecule has 3 aromatic rings. The minimum atomic E-state index is -0.281. The van der Waals surface area contributed by atoms with E-state index in [1.807, 2.05) is 79.2 Å². The normalized spacial score (nSPS) is 10.8. The molecule has 7 nitrogen and oxygen atoms in total. The van der Waals surface area contributed by atoms with Crippen molar-refractivity contribution in [3.05, 3.63) is 60.8 Å². The van der Waals surface area contributed by atoms with Crippen molar-refractivity contribution in [1.82, 2.24) is 14.5 Å². The maximum atomic E-state index is 12.9. The van der Waals surface area contributed by atoms with Crippen molar-refractivity contribution in [3.63, 3.8) is 0 Å². The number of hydrogen-bond acceptors (Lipinski definition) is 4. The van der Waals surface area contributed by atoms with Gasteiger partial charge in [-0.3, -0.25) is 19.5 Å². The first-order chi connectivity index (χ1) is 15.4. The van der Waals surface area contributed by atoms with Gasteiger partial charge in [-0.15, -0.1) is 0 Å². The van der Waals surface area contributed by atoms with E-state index in [1.54, 1.807) is 18.9 Å². The summed E-state index contributed by atoms with van der Waals surface area (Å²) in [7, 11) is 1.62. The third kappa shape index (κ3) is 5.75. The number of anilines is 1. The zero-order valence-electron chi connectivity index (χ0n) is 19.0. The largest absolute Gasteiger partial charge is 0.497 e. The molecule has 0 spiro atoms. The smallest absolute Gasteiger partial charge is 0.246 e. The number of amides is 2. The first kappa shape index (κ1) is 23.1. The van der Waals surface area contributed by atoms with Crippen LogP contribution in [0.4, 0.5) is 5.95 Å². The average molecular weight is 435 g/mol. The van der Waals surface area contributed by atoms with Gasteiger partial charge in [0.05, 0.1) is 19.3 Å². The Bertz CT molecular complexity index is 1040. The monoisotopic (exact) mass is 434 g/mol. The second-order valence-electron chi connectivity index (χ2n) is 7.95. The van der Waals surface area contributed by atoms with Crippen LogP contribution in [0.1, 0.15) is 27.2 Å². The molecule has 0 atom stereocenters. The molecule has 0 radical (unpaired) electrons. The molecule has 2 amide bonds. The van der Waals surface area contributed by atoms with Gasteiger partial charge in [0.2, 0.25) is 17.8 Å². The summed E-state index contributed by atoms with van der Waals surface area (Å²) in [4.78, 5) is 31.4. The van der Waals surface area contributed by atoms with Crippen molar-refractivity contribution in [2.45, 2.75) is 27.2 Å². The number of carbonyl (C=O) groups excluding carboxylic acids is 2. The van der Waals surface area contributed by atoms with Crippen LogP contribution in [0.3, 0.4) is 0 Å². The molecule has 1 aromatic heterocycles. The van der Waals surface area contributed by atoms with E-state index in [-0.39, 0.29) is 24.3 Å². The molecule has 0 aliphatic carbocycles. The number of imidazole rings is 1.